The molecular formula is C23H32N4O3. The van der Waals surface area contributed by atoms with Gasteiger partial charge in [0.1, 0.15) is 6.04 Å². The van der Waals surface area contributed by atoms with Gasteiger partial charge in [-0.3, -0.25) is 24.6 Å². The molecule has 7 nitrogen and oxygen atoms in total. The first-order chi connectivity index (χ1) is 14.4. The van der Waals surface area contributed by atoms with E-state index < -0.39 is 6.04 Å². The van der Waals surface area contributed by atoms with Crippen LogP contribution < -0.4 is 11.1 Å². The fourth-order valence-electron chi connectivity index (χ4n) is 5.12. The number of imide groups is 1. The van der Waals surface area contributed by atoms with Crippen LogP contribution in [0.4, 0.5) is 0 Å². The van der Waals surface area contributed by atoms with E-state index in [1.165, 1.54) is 6.42 Å². The Kier molecular flexibility index (Phi) is 5.93. The summed E-state index contributed by atoms with van der Waals surface area (Å²) in [6, 6.07) is 5.87. The van der Waals surface area contributed by atoms with Crippen LogP contribution in [0, 0.1) is 11.8 Å². The minimum absolute atomic E-state index is 0.116. The van der Waals surface area contributed by atoms with Crippen molar-refractivity contribution >= 4 is 17.7 Å². The molecule has 3 heterocycles. The Morgan fingerprint density at radius 1 is 1.20 bits per heavy atom. The lowest BCUT2D eigenvalue weighted by Gasteiger charge is -2.40. The van der Waals surface area contributed by atoms with Crippen LogP contribution in [0.2, 0.25) is 0 Å². The second kappa shape index (κ2) is 8.47. The molecule has 0 saturated carbocycles. The Hall–Kier alpha value is -2.25. The Morgan fingerprint density at radius 3 is 2.70 bits per heavy atom. The lowest BCUT2D eigenvalue weighted by atomic mass is 9.82. The molecule has 1 aromatic rings. The maximum absolute atomic E-state index is 13.0. The lowest BCUT2D eigenvalue weighted by Crippen LogP contribution is -2.52. The number of benzene rings is 1. The highest BCUT2D eigenvalue weighted by atomic mass is 16.2. The molecule has 3 atom stereocenters. The van der Waals surface area contributed by atoms with Gasteiger partial charge in [0.2, 0.25) is 11.8 Å². The van der Waals surface area contributed by atoms with E-state index in [0.717, 1.165) is 36.6 Å². The lowest BCUT2D eigenvalue weighted by molar-refractivity contribution is -0.136. The molecule has 0 aliphatic carbocycles. The minimum Gasteiger partial charge on any atom is -0.329 e. The van der Waals surface area contributed by atoms with Gasteiger partial charge in [-0.25, -0.2) is 0 Å². The maximum atomic E-state index is 13.0. The van der Waals surface area contributed by atoms with Crippen molar-refractivity contribution in [1.82, 2.24) is 15.1 Å². The summed E-state index contributed by atoms with van der Waals surface area (Å²) in [5.41, 5.74) is 8.81. The third-order valence-corrected chi connectivity index (χ3v) is 7.07. The first kappa shape index (κ1) is 21.0. The molecule has 2 saturated heterocycles. The number of likely N-dealkylation sites (tertiary alicyclic amines) is 1. The van der Waals surface area contributed by atoms with Crippen molar-refractivity contribution in [3.05, 3.63) is 34.9 Å². The van der Waals surface area contributed by atoms with Crippen LogP contribution in [-0.2, 0) is 22.7 Å². The fourth-order valence-corrected chi connectivity index (χ4v) is 5.12. The molecule has 30 heavy (non-hydrogen) atoms. The van der Waals surface area contributed by atoms with E-state index >= 15 is 0 Å². The van der Waals surface area contributed by atoms with Crippen LogP contribution in [0.3, 0.4) is 0 Å². The average molecular weight is 413 g/mol. The summed E-state index contributed by atoms with van der Waals surface area (Å²) < 4.78 is 0. The van der Waals surface area contributed by atoms with E-state index in [1.54, 1.807) is 4.90 Å². The monoisotopic (exact) mass is 412 g/mol. The molecule has 1 aromatic carbocycles. The van der Waals surface area contributed by atoms with Gasteiger partial charge in [0.25, 0.3) is 5.91 Å². The first-order valence-electron chi connectivity index (χ1n) is 11.1. The molecule has 3 amide bonds. The normalized spacial score (nSPS) is 27.5. The highest BCUT2D eigenvalue weighted by Gasteiger charge is 2.39. The van der Waals surface area contributed by atoms with Gasteiger partial charge >= 0.3 is 0 Å². The Labute approximate surface area is 178 Å². The molecule has 1 unspecified atom stereocenters. The molecule has 0 bridgehead atoms. The van der Waals surface area contributed by atoms with E-state index in [1.807, 2.05) is 12.1 Å². The Morgan fingerprint density at radius 2 is 2.00 bits per heavy atom. The number of amides is 3. The third-order valence-electron chi connectivity index (χ3n) is 7.07. The van der Waals surface area contributed by atoms with Crippen LogP contribution >= 0.6 is 0 Å². The molecule has 2 fully saturated rings. The number of nitrogens with zero attached hydrogens (tertiary/aromatic N) is 2. The Balaban J connectivity index is 1.46. The van der Waals surface area contributed by atoms with E-state index in [4.69, 9.17) is 5.73 Å². The van der Waals surface area contributed by atoms with Crippen LogP contribution in [-0.4, -0.2) is 52.7 Å². The largest absolute Gasteiger partial charge is 0.329 e. The van der Waals surface area contributed by atoms with E-state index in [9.17, 15) is 14.4 Å². The van der Waals surface area contributed by atoms with Crippen molar-refractivity contribution in [3.8, 4) is 0 Å². The molecule has 3 N–H and O–H groups in total. The number of rotatable bonds is 5. The number of carbonyl (C=O) groups excluding carboxylic acids is 3. The van der Waals surface area contributed by atoms with E-state index in [-0.39, 0.29) is 24.1 Å². The predicted octanol–water partition coefficient (Wildman–Crippen LogP) is 1.64. The summed E-state index contributed by atoms with van der Waals surface area (Å²) in [7, 11) is 0. The van der Waals surface area contributed by atoms with Gasteiger partial charge in [-0.1, -0.05) is 26.0 Å². The number of carbonyl (C=O) groups is 3. The highest BCUT2D eigenvalue weighted by molar-refractivity contribution is 6.05. The zero-order valence-electron chi connectivity index (χ0n) is 17.9. The molecule has 3 aliphatic heterocycles. The summed E-state index contributed by atoms with van der Waals surface area (Å²) >= 11 is 0. The predicted molar refractivity (Wildman–Crippen MR) is 113 cm³/mol. The summed E-state index contributed by atoms with van der Waals surface area (Å²) in [4.78, 5) is 40.7. The average Bonchev–Trinajstić information content (AvgIpc) is 3.04. The molecule has 4 rings (SSSR count). The van der Waals surface area contributed by atoms with Crippen molar-refractivity contribution < 1.29 is 14.4 Å². The minimum atomic E-state index is -0.567. The number of fused-ring (bicyclic) bond motifs is 1. The molecule has 3 aliphatic rings. The Bertz CT molecular complexity index is 853. The van der Waals surface area contributed by atoms with Crippen LogP contribution in [0.25, 0.3) is 0 Å². The molecule has 7 heteroatoms. The van der Waals surface area contributed by atoms with Crippen molar-refractivity contribution in [2.24, 2.45) is 17.6 Å². The highest BCUT2D eigenvalue weighted by Crippen LogP contribution is 2.31. The topological polar surface area (TPSA) is 95.7 Å². The van der Waals surface area contributed by atoms with Gasteiger partial charge in [-0.15, -0.1) is 0 Å². The molecular weight excluding hydrogens is 380 g/mol. The third kappa shape index (κ3) is 4.01. The number of hydrogen-bond donors (Lipinski definition) is 2. The molecule has 0 aromatic heterocycles. The zero-order valence-corrected chi connectivity index (χ0v) is 17.9. The molecule has 0 radical (unpaired) electrons. The number of nitrogens with one attached hydrogen (secondary N) is 1. The number of nitrogens with two attached hydrogens (primary N) is 1. The van der Waals surface area contributed by atoms with Gasteiger partial charge in [0, 0.05) is 37.7 Å². The maximum Gasteiger partial charge on any atom is 0.255 e. The van der Waals surface area contributed by atoms with Crippen LogP contribution in [0.15, 0.2) is 18.2 Å². The second-order valence-electron chi connectivity index (χ2n) is 9.28. The SMILES string of the molecule is CC(C)[C@@H]1CCN(Cc2ccc3c(c2)C(=O)N(C2CCC(=O)NC2=O)C3)[C@H](CN)C1. The van der Waals surface area contributed by atoms with E-state index in [0.29, 0.717) is 37.0 Å². The zero-order chi connectivity index (χ0) is 21.4. The molecule has 0 spiro atoms. The van der Waals surface area contributed by atoms with Gasteiger partial charge in [-0.05, 0) is 54.8 Å². The standard InChI is InChI=1S/C23H32N4O3/c1-14(2)16-7-8-26(18(10-16)11-24)12-15-3-4-17-13-27(23(30)19(17)9-15)20-5-6-21(28)25-22(20)29/h3-4,9,14,16,18,20H,5-8,10-13,24H2,1-2H3,(H,25,28,29)/t16-,18+,20?/m1/s1. The summed E-state index contributed by atoms with van der Waals surface area (Å²) in [6.07, 6.45) is 2.97. The smallest absolute Gasteiger partial charge is 0.255 e. The fraction of sp³-hybridized carbons (Fsp3) is 0.609. The van der Waals surface area contributed by atoms with Crippen molar-refractivity contribution in [2.45, 2.75) is 64.7 Å². The molecule has 162 valence electrons. The van der Waals surface area contributed by atoms with Gasteiger partial charge in [-0.2, -0.15) is 0 Å². The van der Waals surface area contributed by atoms with Crippen LogP contribution in [0.1, 0.15) is 61.0 Å². The van der Waals surface area contributed by atoms with Crippen molar-refractivity contribution in [2.75, 3.05) is 13.1 Å². The van der Waals surface area contributed by atoms with Gasteiger partial charge in [0.15, 0.2) is 0 Å². The summed E-state index contributed by atoms with van der Waals surface area (Å²) in [5.74, 6) is 0.649. The van der Waals surface area contributed by atoms with E-state index in [2.05, 4.69) is 30.1 Å². The number of piperidine rings is 2. The summed E-state index contributed by atoms with van der Waals surface area (Å²) in [5, 5.41) is 2.35. The van der Waals surface area contributed by atoms with Crippen molar-refractivity contribution in [3.63, 3.8) is 0 Å². The second-order valence-corrected chi connectivity index (χ2v) is 9.28. The van der Waals surface area contributed by atoms with Crippen LogP contribution in [0.5, 0.6) is 0 Å². The van der Waals surface area contributed by atoms with Crippen molar-refractivity contribution in [1.29, 1.82) is 0 Å². The number of hydrogen-bond acceptors (Lipinski definition) is 5. The summed E-state index contributed by atoms with van der Waals surface area (Å²) in [6.45, 7) is 7.45. The quantitative estimate of drug-likeness (QED) is 0.717. The first-order valence-corrected chi connectivity index (χ1v) is 11.1. The van der Waals surface area contributed by atoms with Gasteiger partial charge in [0.05, 0.1) is 0 Å². The van der Waals surface area contributed by atoms with Gasteiger partial charge < -0.3 is 10.6 Å².